The lowest BCUT2D eigenvalue weighted by Crippen LogP contribution is -2.12. The quantitative estimate of drug-likeness (QED) is 0.510. The molecule has 0 saturated heterocycles. The number of carbonyl (C=O) groups excluding carboxylic acids is 2. The van der Waals surface area contributed by atoms with Gasteiger partial charge in [-0.3, -0.25) is 9.59 Å². The second-order valence-electron chi connectivity index (χ2n) is 6.32. The van der Waals surface area contributed by atoms with Crippen LogP contribution < -0.4 is 10.6 Å². The van der Waals surface area contributed by atoms with Crippen LogP contribution in [-0.4, -0.2) is 11.8 Å². The largest absolute Gasteiger partial charge is 0.326 e. The van der Waals surface area contributed by atoms with E-state index in [-0.39, 0.29) is 11.8 Å². The first-order valence-corrected chi connectivity index (χ1v) is 9.02. The number of carbonyl (C=O) groups is 2. The highest BCUT2D eigenvalue weighted by Gasteiger charge is 2.04. The van der Waals surface area contributed by atoms with Gasteiger partial charge in [0, 0.05) is 23.9 Å². The van der Waals surface area contributed by atoms with Crippen LogP contribution >= 0.6 is 0 Å². The molecule has 0 aliphatic rings. The van der Waals surface area contributed by atoms with E-state index in [0.717, 1.165) is 24.8 Å². The Morgan fingerprint density at radius 2 is 1.65 bits per heavy atom. The van der Waals surface area contributed by atoms with Gasteiger partial charge in [0.1, 0.15) is 0 Å². The first kappa shape index (κ1) is 19.4. The molecule has 2 N–H and O–H groups in total. The highest BCUT2D eigenvalue weighted by molar-refractivity contribution is 6.02. The molecule has 0 unspecified atom stereocenters. The van der Waals surface area contributed by atoms with E-state index < -0.39 is 0 Å². The molecule has 0 aliphatic heterocycles. The predicted octanol–water partition coefficient (Wildman–Crippen LogP) is 5.17. The van der Waals surface area contributed by atoms with Crippen molar-refractivity contribution in [2.45, 2.75) is 39.5 Å². The van der Waals surface area contributed by atoms with Crippen LogP contribution in [0.5, 0.6) is 0 Å². The molecule has 0 fully saturated rings. The van der Waals surface area contributed by atoms with Gasteiger partial charge in [-0.1, -0.05) is 55.7 Å². The van der Waals surface area contributed by atoms with Crippen LogP contribution in [0.2, 0.25) is 0 Å². The Morgan fingerprint density at radius 1 is 0.962 bits per heavy atom. The van der Waals surface area contributed by atoms with Crippen molar-refractivity contribution in [1.82, 2.24) is 0 Å². The number of anilines is 2. The summed E-state index contributed by atoms with van der Waals surface area (Å²) in [6.45, 7) is 4.13. The fraction of sp³-hybridized carbons (Fsp3) is 0.273. The second-order valence-corrected chi connectivity index (χ2v) is 6.32. The zero-order valence-electron chi connectivity index (χ0n) is 15.4. The lowest BCUT2D eigenvalue weighted by Gasteiger charge is -2.08. The SMILES string of the molecule is CCCCCC(=O)Nc1cccc(NC(=O)/C=C/c2ccc(C)cc2)c1. The summed E-state index contributed by atoms with van der Waals surface area (Å²) in [5.74, 6) is -0.210. The normalized spacial score (nSPS) is 10.7. The average molecular weight is 350 g/mol. The van der Waals surface area contributed by atoms with Gasteiger partial charge in [-0.15, -0.1) is 0 Å². The standard InChI is InChI=1S/C22H26N2O2/c1-3-4-5-9-21(25)23-19-7-6-8-20(16-19)24-22(26)15-14-18-12-10-17(2)11-13-18/h6-8,10-16H,3-5,9H2,1-2H3,(H,23,25)(H,24,26)/b15-14+. The summed E-state index contributed by atoms with van der Waals surface area (Å²) < 4.78 is 0. The molecule has 0 bridgehead atoms. The van der Waals surface area contributed by atoms with Crippen LogP contribution in [0.15, 0.2) is 54.6 Å². The number of unbranched alkanes of at least 4 members (excludes halogenated alkanes) is 2. The van der Waals surface area contributed by atoms with Crippen molar-refractivity contribution in [1.29, 1.82) is 0 Å². The number of hydrogen-bond acceptors (Lipinski definition) is 2. The molecule has 0 heterocycles. The summed E-state index contributed by atoms with van der Waals surface area (Å²) in [4.78, 5) is 24.0. The molecule has 0 saturated carbocycles. The van der Waals surface area contributed by atoms with Gasteiger partial charge in [0.25, 0.3) is 0 Å². The Labute approximate surface area is 155 Å². The number of benzene rings is 2. The molecule has 2 aromatic rings. The highest BCUT2D eigenvalue weighted by Crippen LogP contribution is 2.16. The van der Waals surface area contributed by atoms with E-state index >= 15 is 0 Å². The van der Waals surface area contributed by atoms with Gasteiger partial charge in [0.2, 0.25) is 11.8 Å². The lowest BCUT2D eigenvalue weighted by molar-refractivity contribution is -0.116. The van der Waals surface area contributed by atoms with Gasteiger partial charge in [0.05, 0.1) is 0 Å². The highest BCUT2D eigenvalue weighted by atomic mass is 16.2. The first-order valence-electron chi connectivity index (χ1n) is 9.02. The summed E-state index contributed by atoms with van der Waals surface area (Å²) in [5, 5.41) is 5.68. The summed E-state index contributed by atoms with van der Waals surface area (Å²) in [5.41, 5.74) is 3.49. The minimum absolute atomic E-state index is 0.00111. The predicted molar refractivity (Wildman–Crippen MR) is 108 cm³/mol. The van der Waals surface area contributed by atoms with E-state index in [4.69, 9.17) is 0 Å². The lowest BCUT2D eigenvalue weighted by atomic mass is 10.1. The number of amides is 2. The van der Waals surface area contributed by atoms with Crippen molar-refractivity contribution in [3.05, 3.63) is 65.7 Å². The molecule has 0 aliphatic carbocycles. The Morgan fingerprint density at radius 3 is 2.35 bits per heavy atom. The van der Waals surface area contributed by atoms with E-state index in [1.54, 1.807) is 24.3 Å². The number of rotatable bonds is 8. The average Bonchev–Trinajstić information content (AvgIpc) is 2.62. The summed E-state index contributed by atoms with van der Waals surface area (Å²) in [6, 6.07) is 15.1. The number of aryl methyl sites for hydroxylation is 1. The molecule has 0 radical (unpaired) electrons. The molecule has 0 spiro atoms. The van der Waals surface area contributed by atoms with Gasteiger partial charge >= 0.3 is 0 Å². The third-order valence-corrected chi connectivity index (χ3v) is 3.93. The van der Waals surface area contributed by atoms with Gasteiger partial charge in [-0.25, -0.2) is 0 Å². The van der Waals surface area contributed by atoms with E-state index in [9.17, 15) is 9.59 Å². The third-order valence-electron chi connectivity index (χ3n) is 3.93. The van der Waals surface area contributed by atoms with Crippen molar-refractivity contribution in [3.63, 3.8) is 0 Å². The molecule has 4 heteroatoms. The van der Waals surface area contributed by atoms with Crippen LogP contribution in [0.4, 0.5) is 11.4 Å². The minimum atomic E-state index is -0.211. The molecular formula is C22H26N2O2. The first-order chi connectivity index (χ1) is 12.6. The van der Waals surface area contributed by atoms with Crippen molar-refractivity contribution < 1.29 is 9.59 Å². The molecule has 0 aromatic heterocycles. The summed E-state index contributed by atoms with van der Waals surface area (Å²) in [7, 11) is 0. The molecule has 136 valence electrons. The number of hydrogen-bond donors (Lipinski definition) is 2. The van der Waals surface area contributed by atoms with Crippen molar-refractivity contribution >= 4 is 29.3 Å². The van der Waals surface area contributed by atoms with Crippen molar-refractivity contribution in [2.24, 2.45) is 0 Å². The molecule has 4 nitrogen and oxygen atoms in total. The fourth-order valence-corrected chi connectivity index (χ4v) is 2.47. The minimum Gasteiger partial charge on any atom is -0.326 e. The van der Waals surface area contributed by atoms with Crippen LogP contribution in [-0.2, 0) is 9.59 Å². The molecule has 2 rings (SSSR count). The molecule has 2 aromatic carbocycles. The van der Waals surface area contributed by atoms with Crippen molar-refractivity contribution in [3.8, 4) is 0 Å². The summed E-state index contributed by atoms with van der Waals surface area (Å²) >= 11 is 0. The third kappa shape index (κ3) is 6.93. The van der Waals surface area contributed by atoms with Crippen LogP contribution in [0.3, 0.4) is 0 Å². The zero-order chi connectivity index (χ0) is 18.8. The maximum absolute atomic E-state index is 12.1. The fourth-order valence-electron chi connectivity index (χ4n) is 2.47. The Hall–Kier alpha value is -2.88. The molecule has 0 atom stereocenters. The Bertz CT molecular complexity index is 764. The molecule has 2 amide bonds. The van der Waals surface area contributed by atoms with Crippen LogP contribution in [0.1, 0.15) is 43.7 Å². The van der Waals surface area contributed by atoms with Crippen LogP contribution in [0, 0.1) is 6.92 Å². The number of nitrogens with one attached hydrogen (secondary N) is 2. The smallest absolute Gasteiger partial charge is 0.248 e. The van der Waals surface area contributed by atoms with Gasteiger partial charge in [-0.2, -0.15) is 0 Å². The topological polar surface area (TPSA) is 58.2 Å². The molecule has 26 heavy (non-hydrogen) atoms. The second kappa shape index (κ2) is 10.2. The van der Waals surface area contributed by atoms with E-state index in [0.29, 0.717) is 17.8 Å². The van der Waals surface area contributed by atoms with Crippen molar-refractivity contribution in [2.75, 3.05) is 10.6 Å². The maximum Gasteiger partial charge on any atom is 0.248 e. The zero-order valence-corrected chi connectivity index (χ0v) is 15.4. The van der Waals surface area contributed by atoms with E-state index in [1.165, 1.54) is 11.6 Å². The monoisotopic (exact) mass is 350 g/mol. The Kier molecular flexibility index (Phi) is 7.62. The van der Waals surface area contributed by atoms with Crippen LogP contribution in [0.25, 0.3) is 6.08 Å². The molecular weight excluding hydrogens is 324 g/mol. The Balaban J connectivity index is 1.89. The van der Waals surface area contributed by atoms with E-state index in [2.05, 4.69) is 17.6 Å². The van der Waals surface area contributed by atoms with Gasteiger partial charge in [-0.05, 0) is 43.2 Å². The summed E-state index contributed by atoms with van der Waals surface area (Å²) in [6.07, 6.45) is 6.82. The van der Waals surface area contributed by atoms with E-state index in [1.807, 2.05) is 37.3 Å². The van der Waals surface area contributed by atoms with Gasteiger partial charge in [0.15, 0.2) is 0 Å². The van der Waals surface area contributed by atoms with Gasteiger partial charge < -0.3 is 10.6 Å². The maximum atomic E-state index is 12.1.